The van der Waals surface area contributed by atoms with Crippen molar-refractivity contribution in [3.05, 3.63) is 201 Å². The summed E-state index contributed by atoms with van der Waals surface area (Å²) in [6.45, 7) is 24.9. The Bertz CT molecular complexity index is 3350. The van der Waals surface area contributed by atoms with Crippen LogP contribution in [-0.4, -0.2) is 16.6 Å². The highest BCUT2D eigenvalue weighted by molar-refractivity contribution is 6.08. The number of nitrogens with two attached hydrogens (primary N) is 1. The number of hydrogen-bond acceptors (Lipinski definition) is 3. The number of aryl methyl sites for hydroxylation is 2. The molecule has 5 nitrogen and oxygen atoms in total. The number of anilines is 2. The summed E-state index contributed by atoms with van der Waals surface area (Å²) in [6, 6.07) is 35.7. The summed E-state index contributed by atoms with van der Waals surface area (Å²) in [5.74, 6) is 0.833. The molecule has 7 aromatic rings. The van der Waals surface area contributed by atoms with E-state index < -0.39 is 0 Å². The van der Waals surface area contributed by atoms with E-state index in [9.17, 15) is 0 Å². The van der Waals surface area contributed by atoms with Gasteiger partial charge in [-0.25, -0.2) is 0 Å². The maximum atomic E-state index is 6.54. The van der Waals surface area contributed by atoms with Crippen molar-refractivity contribution in [2.75, 3.05) is 17.7 Å². The molecule has 0 aliphatic heterocycles. The number of allylic oxidation sites excluding steroid dienone is 11. The molecule has 0 saturated carbocycles. The quantitative estimate of drug-likeness (QED) is 0.0576. The second-order valence-electron chi connectivity index (χ2n) is 21.0. The Kier molecular flexibility index (Phi) is 19.1. The number of nitrogens with zero attached hydrogens (tertiary/aromatic N) is 1. The van der Waals surface area contributed by atoms with Gasteiger partial charge in [-0.15, -0.1) is 0 Å². The van der Waals surface area contributed by atoms with E-state index in [1.807, 2.05) is 20.9 Å². The Morgan fingerprint density at radius 3 is 2.03 bits per heavy atom. The standard InChI is InChI=1S/C57H57N5.C11H22.C2H6/c1-6-10-48-49-30-22-41(34-56(49)62(8-3)55(48)7-2)16-14-39-19-25-43(26-20-39)42-23-17-38(18-24-42)13-15-40-21-29-46-47-31-27-44(35-53(47)61-52(46)33-40)45-28-32-50(58)54(36-45)60-51-12-9-11-37(4)57(51)59-5;1-6-8-11(4,5)9-7-10(2)3;1-2/h6,9-17,19-23,25-27,29-31,33-36,59-61H,7-8,18,24,28,32,58H2,1-5H3;6,8,10H,7,9H2,1-5H3;1-2H3/b10-6-,15-13+,16-14+;;. The van der Waals surface area contributed by atoms with Crippen LogP contribution in [0.3, 0.4) is 0 Å². The van der Waals surface area contributed by atoms with Crippen LogP contribution in [0.4, 0.5) is 11.4 Å². The van der Waals surface area contributed by atoms with Gasteiger partial charge >= 0.3 is 0 Å². The summed E-state index contributed by atoms with van der Waals surface area (Å²) in [5.41, 5.74) is 28.6. The lowest BCUT2D eigenvalue weighted by molar-refractivity contribution is 0.383. The molecule has 0 radical (unpaired) electrons. The number of hydrogen-bond donors (Lipinski definition) is 4. The number of benzene rings is 5. The second kappa shape index (κ2) is 25.8. The maximum Gasteiger partial charge on any atom is 0.0623 e. The van der Waals surface area contributed by atoms with Gasteiger partial charge in [0.05, 0.1) is 17.1 Å². The van der Waals surface area contributed by atoms with Crippen molar-refractivity contribution in [2.45, 2.75) is 128 Å². The Balaban J connectivity index is 0.000000562. The van der Waals surface area contributed by atoms with Crippen LogP contribution in [0, 0.1) is 18.3 Å². The van der Waals surface area contributed by atoms with Gasteiger partial charge in [-0.05, 0) is 158 Å². The molecule has 2 aliphatic carbocycles. The van der Waals surface area contributed by atoms with Crippen molar-refractivity contribution in [2.24, 2.45) is 17.1 Å². The minimum atomic E-state index is 0.402. The first-order valence-corrected chi connectivity index (χ1v) is 27.9. The first kappa shape index (κ1) is 55.5. The minimum absolute atomic E-state index is 0.402. The first-order valence-electron chi connectivity index (χ1n) is 27.9. The fourth-order valence-electron chi connectivity index (χ4n) is 10.6. The fraction of sp³-hybridized carbons (Fsp3) is 0.314. The molecule has 5 N–H and O–H groups in total. The summed E-state index contributed by atoms with van der Waals surface area (Å²) in [5, 5.41) is 10.8. The van der Waals surface area contributed by atoms with E-state index in [2.05, 4.69) is 246 Å². The van der Waals surface area contributed by atoms with E-state index >= 15 is 0 Å². The molecule has 5 aromatic carbocycles. The highest BCUT2D eigenvalue weighted by Gasteiger charge is 2.18. The molecule has 75 heavy (non-hydrogen) atoms. The first-order chi connectivity index (χ1) is 36.3. The molecule has 0 bridgehead atoms. The van der Waals surface area contributed by atoms with Crippen molar-refractivity contribution < 1.29 is 0 Å². The number of para-hydroxylation sites is 1. The summed E-state index contributed by atoms with van der Waals surface area (Å²) >= 11 is 0. The molecule has 9 rings (SSSR count). The van der Waals surface area contributed by atoms with Crippen LogP contribution in [0.2, 0.25) is 0 Å². The monoisotopic (exact) mass is 996 g/mol. The van der Waals surface area contributed by atoms with Gasteiger partial charge in [0, 0.05) is 63.3 Å². The third kappa shape index (κ3) is 13.5. The van der Waals surface area contributed by atoms with E-state index in [4.69, 9.17) is 5.73 Å². The topological polar surface area (TPSA) is 70.8 Å². The van der Waals surface area contributed by atoms with Crippen molar-refractivity contribution in [1.29, 1.82) is 0 Å². The van der Waals surface area contributed by atoms with E-state index in [0.29, 0.717) is 5.41 Å². The van der Waals surface area contributed by atoms with Crippen LogP contribution >= 0.6 is 0 Å². The van der Waals surface area contributed by atoms with Gasteiger partial charge in [-0.1, -0.05) is 188 Å². The molecule has 2 aromatic heterocycles. The number of fused-ring (bicyclic) bond motifs is 4. The fourth-order valence-corrected chi connectivity index (χ4v) is 10.6. The summed E-state index contributed by atoms with van der Waals surface area (Å²) in [6.07, 6.45) is 32.1. The van der Waals surface area contributed by atoms with Crippen LogP contribution in [-0.2, 0) is 13.0 Å². The summed E-state index contributed by atoms with van der Waals surface area (Å²) < 4.78 is 2.47. The normalized spacial score (nSPS) is 14.3. The average molecular weight is 996 g/mol. The highest BCUT2D eigenvalue weighted by Crippen LogP contribution is 2.36. The van der Waals surface area contributed by atoms with Crippen LogP contribution in [0.15, 0.2) is 157 Å². The smallest absolute Gasteiger partial charge is 0.0623 e. The van der Waals surface area contributed by atoms with Crippen molar-refractivity contribution in [3.63, 3.8) is 0 Å². The molecule has 390 valence electrons. The molecule has 2 aliphatic rings. The van der Waals surface area contributed by atoms with Gasteiger partial charge < -0.3 is 25.9 Å². The highest BCUT2D eigenvalue weighted by atomic mass is 15.0. The Morgan fingerprint density at radius 2 is 1.36 bits per heavy atom. The van der Waals surface area contributed by atoms with Crippen molar-refractivity contribution in [1.82, 2.24) is 9.55 Å². The Hall–Kier alpha value is -7.24. The number of H-pyrrole nitrogens is 1. The molecule has 0 atom stereocenters. The zero-order chi connectivity index (χ0) is 53.6. The lowest BCUT2D eigenvalue weighted by atomic mass is 9.85. The molecular formula is C70H85N5. The van der Waals surface area contributed by atoms with Crippen molar-refractivity contribution in [3.8, 4) is 0 Å². The Labute approximate surface area is 450 Å². The van der Waals surface area contributed by atoms with Gasteiger partial charge in [0.2, 0.25) is 0 Å². The lowest BCUT2D eigenvalue weighted by Gasteiger charge is -2.21. The second-order valence-corrected chi connectivity index (χ2v) is 21.0. The summed E-state index contributed by atoms with van der Waals surface area (Å²) in [7, 11) is 1.96. The molecule has 0 spiro atoms. The van der Waals surface area contributed by atoms with Crippen molar-refractivity contribution >= 4 is 79.5 Å². The zero-order valence-corrected chi connectivity index (χ0v) is 47.3. The van der Waals surface area contributed by atoms with Crippen LogP contribution < -0.4 is 16.4 Å². The number of aromatic amines is 1. The molecule has 2 heterocycles. The zero-order valence-electron chi connectivity index (χ0n) is 47.3. The molecular weight excluding hydrogens is 911 g/mol. The lowest BCUT2D eigenvalue weighted by Crippen LogP contribution is -2.13. The van der Waals surface area contributed by atoms with Gasteiger partial charge in [0.1, 0.15) is 0 Å². The van der Waals surface area contributed by atoms with Crippen LogP contribution in [0.25, 0.3) is 68.2 Å². The number of rotatable bonds is 16. The predicted octanol–water partition coefficient (Wildman–Crippen LogP) is 19.7. The largest absolute Gasteiger partial charge is 0.400 e. The van der Waals surface area contributed by atoms with Gasteiger partial charge in [-0.3, -0.25) is 0 Å². The van der Waals surface area contributed by atoms with E-state index in [-0.39, 0.29) is 0 Å². The average Bonchev–Trinajstić information content (AvgIpc) is 3.95. The van der Waals surface area contributed by atoms with Gasteiger partial charge in [0.25, 0.3) is 0 Å². The minimum Gasteiger partial charge on any atom is -0.400 e. The van der Waals surface area contributed by atoms with Crippen LogP contribution in [0.1, 0.15) is 152 Å². The maximum absolute atomic E-state index is 6.54. The van der Waals surface area contributed by atoms with Gasteiger partial charge in [-0.2, -0.15) is 0 Å². The Morgan fingerprint density at radius 1 is 0.707 bits per heavy atom. The number of aromatic nitrogens is 2. The van der Waals surface area contributed by atoms with E-state index in [1.54, 1.807) is 0 Å². The third-order valence-electron chi connectivity index (χ3n) is 14.7. The van der Waals surface area contributed by atoms with Gasteiger partial charge in [0.15, 0.2) is 0 Å². The van der Waals surface area contributed by atoms with Crippen LogP contribution in [0.5, 0.6) is 0 Å². The SMILES string of the molecule is C/C=C\c1c(CC)n(CC)c2cc(/C=C/c3ccc(C4=CC=C(/C=C/c5ccc6c(c5)[nH]c5cc(C7=CC(Nc8cccc(C)c8NC)=C(N)CC7)ccc56)CC4)cc3)ccc12.CC.CC=CC(C)(C)CCC(C)C. The molecule has 0 unspecified atom stereocenters. The molecule has 5 heteroatoms. The predicted molar refractivity (Wildman–Crippen MR) is 334 cm³/mol. The van der Waals surface area contributed by atoms with E-state index in [0.717, 1.165) is 78.4 Å². The molecule has 0 fully saturated rings. The molecule has 0 amide bonds. The number of nitrogens with one attached hydrogen (secondary N) is 3. The molecule has 0 saturated heterocycles. The summed E-state index contributed by atoms with van der Waals surface area (Å²) in [4.78, 5) is 3.73. The van der Waals surface area contributed by atoms with E-state index in [1.165, 1.54) is 95.9 Å². The third-order valence-corrected chi connectivity index (χ3v) is 14.7.